The minimum atomic E-state index is -0.618. The zero-order chi connectivity index (χ0) is 20.7. The molecule has 0 saturated heterocycles. The van der Waals surface area contributed by atoms with Crippen LogP contribution in [0.3, 0.4) is 0 Å². The lowest BCUT2D eigenvalue weighted by atomic mass is 10.1. The number of rotatable bonds is 8. The summed E-state index contributed by atoms with van der Waals surface area (Å²) in [6.45, 7) is 6.68. The van der Waals surface area contributed by atoms with Gasteiger partial charge in [-0.3, -0.25) is 9.59 Å². The number of benzene rings is 2. The lowest BCUT2D eigenvalue weighted by Gasteiger charge is -2.29. The number of hydrogen-bond donors (Lipinski definition) is 1. The molecule has 0 saturated carbocycles. The van der Waals surface area contributed by atoms with Crippen LogP contribution in [-0.2, 0) is 22.6 Å². The zero-order valence-electron chi connectivity index (χ0n) is 16.4. The first-order valence-electron chi connectivity index (χ1n) is 9.33. The molecule has 1 atom stereocenters. The fraction of sp³-hybridized carbons (Fsp3) is 0.364. The topological polar surface area (TPSA) is 49.4 Å². The quantitative estimate of drug-likeness (QED) is 0.670. The first-order valence-corrected chi connectivity index (χ1v) is 10.1. The summed E-state index contributed by atoms with van der Waals surface area (Å²) >= 11 is 12.5. The van der Waals surface area contributed by atoms with E-state index < -0.39 is 6.04 Å². The highest BCUT2D eigenvalue weighted by Crippen LogP contribution is 2.25. The van der Waals surface area contributed by atoms with Gasteiger partial charge in [0.05, 0.1) is 6.42 Å². The molecule has 28 heavy (non-hydrogen) atoms. The Kier molecular flexibility index (Phi) is 8.34. The summed E-state index contributed by atoms with van der Waals surface area (Å²) in [5, 5.41) is 3.79. The molecule has 0 bridgehead atoms. The van der Waals surface area contributed by atoms with Crippen molar-refractivity contribution >= 4 is 35.0 Å². The Balaban J connectivity index is 2.23. The number of amides is 2. The summed E-state index contributed by atoms with van der Waals surface area (Å²) in [6, 6.07) is 14.1. The third-order valence-electron chi connectivity index (χ3n) is 4.44. The van der Waals surface area contributed by atoms with E-state index in [2.05, 4.69) is 5.32 Å². The summed E-state index contributed by atoms with van der Waals surface area (Å²) in [4.78, 5) is 27.3. The average molecular weight is 421 g/mol. The van der Waals surface area contributed by atoms with E-state index in [4.69, 9.17) is 23.2 Å². The van der Waals surface area contributed by atoms with Crippen LogP contribution < -0.4 is 5.32 Å². The van der Waals surface area contributed by atoms with Crippen LogP contribution in [0.2, 0.25) is 10.0 Å². The van der Waals surface area contributed by atoms with Crippen molar-refractivity contribution in [3.63, 3.8) is 0 Å². The Labute approximate surface area is 176 Å². The van der Waals surface area contributed by atoms with Gasteiger partial charge in [0, 0.05) is 23.1 Å². The second-order valence-electron chi connectivity index (χ2n) is 7.20. The second kappa shape index (κ2) is 10.5. The molecule has 0 heterocycles. The largest absolute Gasteiger partial charge is 0.354 e. The molecule has 0 aromatic heterocycles. The van der Waals surface area contributed by atoms with Gasteiger partial charge in [-0.05, 0) is 36.1 Å². The number of carbonyl (C=O) groups is 2. The van der Waals surface area contributed by atoms with Crippen LogP contribution in [0.25, 0.3) is 0 Å². The average Bonchev–Trinajstić information content (AvgIpc) is 2.67. The van der Waals surface area contributed by atoms with Gasteiger partial charge in [0.1, 0.15) is 6.04 Å². The first kappa shape index (κ1) is 22.3. The number of hydrogen-bond acceptors (Lipinski definition) is 2. The molecule has 150 valence electrons. The molecule has 0 spiro atoms. The highest BCUT2D eigenvalue weighted by atomic mass is 35.5. The van der Waals surface area contributed by atoms with Crippen LogP contribution in [0.1, 0.15) is 31.9 Å². The zero-order valence-corrected chi connectivity index (χ0v) is 17.9. The van der Waals surface area contributed by atoms with Crippen LogP contribution in [0.15, 0.2) is 48.5 Å². The van der Waals surface area contributed by atoms with Crippen LogP contribution in [0.5, 0.6) is 0 Å². The van der Waals surface area contributed by atoms with Gasteiger partial charge in [-0.2, -0.15) is 0 Å². The van der Waals surface area contributed by atoms with Crippen molar-refractivity contribution in [1.29, 1.82) is 0 Å². The van der Waals surface area contributed by atoms with Gasteiger partial charge in [-0.15, -0.1) is 0 Å². The van der Waals surface area contributed by atoms with Crippen molar-refractivity contribution in [2.24, 2.45) is 5.92 Å². The molecule has 2 rings (SSSR count). The highest BCUT2D eigenvalue weighted by molar-refractivity contribution is 6.36. The Morgan fingerprint density at radius 1 is 0.964 bits per heavy atom. The second-order valence-corrected chi connectivity index (χ2v) is 8.01. The van der Waals surface area contributed by atoms with Gasteiger partial charge >= 0.3 is 0 Å². The highest BCUT2D eigenvalue weighted by Gasteiger charge is 2.27. The van der Waals surface area contributed by atoms with Crippen molar-refractivity contribution < 1.29 is 9.59 Å². The third kappa shape index (κ3) is 6.25. The van der Waals surface area contributed by atoms with E-state index >= 15 is 0 Å². The number of carbonyl (C=O) groups excluding carboxylic acids is 2. The summed E-state index contributed by atoms with van der Waals surface area (Å²) in [5.41, 5.74) is 1.52. The maximum atomic E-state index is 13.1. The van der Waals surface area contributed by atoms with E-state index in [0.29, 0.717) is 34.6 Å². The molecule has 0 radical (unpaired) electrons. The maximum absolute atomic E-state index is 13.1. The number of nitrogens with zero attached hydrogens (tertiary/aromatic N) is 1. The van der Waals surface area contributed by atoms with Gasteiger partial charge in [-0.1, -0.05) is 73.4 Å². The van der Waals surface area contributed by atoms with E-state index in [1.807, 2.05) is 44.2 Å². The van der Waals surface area contributed by atoms with Crippen molar-refractivity contribution in [1.82, 2.24) is 10.2 Å². The van der Waals surface area contributed by atoms with Gasteiger partial charge in [-0.25, -0.2) is 0 Å². The molecule has 2 aromatic carbocycles. The molecule has 4 nitrogen and oxygen atoms in total. The minimum absolute atomic E-state index is 0.0349. The van der Waals surface area contributed by atoms with E-state index in [9.17, 15) is 9.59 Å². The van der Waals surface area contributed by atoms with E-state index in [-0.39, 0.29) is 18.2 Å². The fourth-order valence-electron chi connectivity index (χ4n) is 2.77. The van der Waals surface area contributed by atoms with Crippen molar-refractivity contribution in [2.45, 2.75) is 39.8 Å². The Hall–Kier alpha value is -2.04. The van der Waals surface area contributed by atoms with Crippen molar-refractivity contribution in [3.8, 4) is 0 Å². The molecular weight excluding hydrogens is 395 g/mol. The lowest BCUT2D eigenvalue weighted by Crippen LogP contribution is -2.48. The Bertz CT molecular complexity index is 789. The molecule has 0 fully saturated rings. The summed E-state index contributed by atoms with van der Waals surface area (Å²) in [6.07, 6.45) is 0.0349. The lowest BCUT2D eigenvalue weighted by molar-refractivity contribution is -0.140. The van der Waals surface area contributed by atoms with Gasteiger partial charge in [0.2, 0.25) is 11.8 Å². The molecular formula is C22H26Cl2N2O2. The van der Waals surface area contributed by atoms with E-state index in [1.54, 1.807) is 30.0 Å². The first-order chi connectivity index (χ1) is 13.3. The molecule has 0 aliphatic carbocycles. The molecule has 0 aliphatic heterocycles. The smallest absolute Gasteiger partial charge is 0.242 e. The molecule has 0 unspecified atom stereocenters. The number of nitrogens with one attached hydrogen (secondary N) is 1. The number of halogens is 2. The molecule has 1 N–H and O–H groups in total. The van der Waals surface area contributed by atoms with Crippen LogP contribution >= 0.6 is 23.2 Å². The Morgan fingerprint density at radius 2 is 1.57 bits per heavy atom. The van der Waals surface area contributed by atoms with Crippen molar-refractivity contribution in [3.05, 3.63) is 69.7 Å². The van der Waals surface area contributed by atoms with Crippen LogP contribution in [0, 0.1) is 5.92 Å². The normalized spacial score (nSPS) is 11.9. The summed E-state index contributed by atoms with van der Waals surface area (Å²) in [5.74, 6) is -0.0503. The molecule has 2 amide bonds. The third-order valence-corrected chi connectivity index (χ3v) is 5.15. The van der Waals surface area contributed by atoms with Gasteiger partial charge in [0.25, 0.3) is 0 Å². The molecule has 0 aliphatic rings. The Morgan fingerprint density at radius 3 is 2.14 bits per heavy atom. The van der Waals surface area contributed by atoms with Crippen LogP contribution in [-0.4, -0.2) is 29.3 Å². The predicted molar refractivity (Wildman–Crippen MR) is 114 cm³/mol. The predicted octanol–water partition coefficient (Wildman–Crippen LogP) is 4.73. The van der Waals surface area contributed by atoms with E-state index in [0.717, 1.165) is 5.56 Å². The van der Waals surface area contributed by atoms with Gasteiger partial charge in [0.15, 0.2) is 0 Å². The van der Waals surface area contributed by atoms with Crippen LogP contribution in [0.4, 0.5) is 0 Å². The standard InChI is InChI=1S/C22H26Cl2N2O2/c1-15(2)13-25-22(28)16(3)26(14-17-8-5-4-6-9-17)21(27)12-18-19(23)10-7-11-20(18)24/h4-11,15-16H,12-14H2,1-3H3,(H,25,28)/t16-/m0/s1. The maximum Gasteiger partial charge on any atom is 0.242 e. The SMILES string of the molecule is CC(C)CNC(=O)[C@H](C)N(Cc1ccccc1)C(=O)Cc1c(Cl)cccc1Cl. The summed E-state index contributed by atoms with van der Waals surface area (Å²) in [7, 11) is 0. The fourth-order valence-corrected chi connectivity index (χ4v) is 3.30. The minimum Gasteiger partial charge on any atom is -0.354 e. The van der Waals surface area contributed by atoms with Crippen molar-refractivity contribution in [2.75, 3.05) is 6.54 Å². The van der Waals surface area contributed by atoms with E-state index in [1.165, 1.54) is 0 Å². The monoisotopic (exact) mass is 420 g/mol. The molecule has 6 heteroatoms. The summed E-state index contributed by atoms with van der Waals surface area (Å²) < 4.78 is 0. The molecule has 2 aromatic rings. The van der Waals surface area contributed by atoms with Gasteiger partial charge < -0.3 is 10.2 Å².